The molecule has 2 amide bonds. The minimum Gasteiger partial charge on any atom is -0.493 e. The van der Waals surface area contributed by atoms with E-state index in [4.69, 9.17) is 33.2 Å². The molecule has 5 aliphatic rings. The van der Waals surface area contributed by atoms with Gasteiger partial charge >= 0.3 is 0 Å². The minimum atomic E-state index is -0.837. The maximum atomic E-state index is 14.2. The zero-order chi connectivity index (χ0) is 51.2. The van der Waals surface area contributed by atoms with E-state index in [2.05, 4.69) is 41.4 Å². The largest absolute Gasteiger partial charge is 0.493 e. The number of amides is 2. The number of rotatable bonds is 15. The second kappa shape index (κ2) is 22.8. The standard InChI is InChI=1S/C31H40N2O6.C26H32N2O5/c1-21(14-22-8-6-5-7-9-22)18-32(19-25-17-26(34)20-33(25)24-10-12-37-13-11-24)30(35)23-15-27(36-4)29-28(16-23)38-31(2,3)39-29;1-17(10-18-8-6-5-7-9-18)15-28(16-20-13-21(29)14-27-20)25(30)19-11-22(31-4)24-23(12-19)32-26(2,3)33-24/h5-9,14-16,24-26,34H,10-13,17-20H2,1-4H3;5-12,20-21,27,29H,13-16H2,1-4H3/b21-14+;17-10+. The molecule has 3 N–H and O–H groups in total. The monoisotopic (exact) mass is 989 g/mol. The number of fused-ring (bicyclic) bond motifs is 2. The molecule has 0 spiro atoms. The van der Waals surface area contributed by atoms with Gasteiger partial charge in [0.2, 0.25) is 23.1 Å². The Morgan fingerprint density at radius 2 is 1.18 bits per heavy atom. The van der Waals surface area contributed by atoms with Gasteiger partial charge in [0.25, 0.3) is 11.8 Å². The maximum Gasteiger partial charge on any atom is 0.254 e. The zero-order valence-corrected chi connectivity index (χ0v) is 43.0. The molecule has 4 atom stereocenters. The van der Waals surface area contributed by atoms with E-state index in [0.717, 1.165) is 48.3 Å². The lowest BCUT2D eigenvalue weighted by molar-refractivity contribution is -0.0445. The second-order valence-corrected chi connectivity index (χ2v) is 20.5. The van der Waals surface area contributed by atoms with Crippen LogP contribution in [-0.2, 0) is 4.74 Å². The predicted molar refractivity (Wildman–Crippen MR) is 276 cm³/mol. The van der Waals surface area contributed by atoms with E-state index in [1.807, 2.05) is 92.9 Å². The van der Waals surface area contributed by atoms with Gasteiger partial charge < -0.3 is 58.5 Å². The van der Waals surface area contributed by atoms with Crippen LogP contribution in [-0.4, -0.2) is 145 Å². The van der Waals surface area contributed by atoms with Crippen LogP contribution >= 0.6 is 0 Å². The van der Waals surface area contributed by atoms with Crippen molar-refractivity contribution in [2.75, 3.05) is 66.7 Å². The average molecular weight is 989 g/mol. The van der Waals surface area contributed by atoms with Crippen LogP contribution in [0.5, 0.6) is 34.5 Å². The minimum absolute atomic E-state index is 0.0308. The third kappa shape index (κ3) is 13.1. The molecule has 9 rings (SSSR count). The molecule has 0 aromatic heterocycles. The highest BCUT2D eigenvalue weighted by Gasteiger charge is 2.40. The first-order valence-electron chi connectivity index (χ1n) is 25.1. The molecule has 386 valence electrons. The fourth-order valence-corrected chi connectivity index (χ4v) is 10.3. The Balaban J connectivity index is 0.000000195. The summed E-state index contributed by atoms with van der Waals surface area (Å²) < 4.78 is 40.3. The number of likely N-dealkylation sites (tertiary alicyclic amines) is 1. The number of nitrogens with zero attached hydrogens (tertiary/aromatic N) is 3. The van der Waals surface area contributed by atoms with Crippen molar-refractivity contribution in [3.8, 4) is 34.5 Å². The number of carbonyl (C=O) groups is 2. The number of aliphatic hydroxyl groups excluding tert-OH is 2. The molecule has 15 nitrogen and oxygen atoms in total. The van der Waals surface area contributed by atoms with Crippen molar-refractivity contribution >= 4 is 24.0 Å². The summed E-state index contributed by atoms with van der Waals surface area (Å²) in [5, 5.41) is 23.9. The molecule has 4 aromatic rings. The third-order valence-corrected chi connectivity index (χ3v) is 13.4. The molecule has 0 bridgehead atoms. The van der Waals surface area contributed by atoms with E-state index in [-0.39, 0.29) is 30.0 Å². The van der Waals surface area contributed by atoms with Gasteiger partial charge in [0, 0.05) is 109 Å². The Bertz CT molecular complexity index is 2580. The van der Waals surface area contributed by atoms with E-state index < -0.39 is 17.7 Å². The number of aliphatic hydroxyl groups is 2. The smallest absolute Gasteiger partial charge is 0.254 e. The predicted octanol–water partition coefficient (Wildman–Crippen LogP) is 7.83. The number of methoxy groups -OCH3 is 2. The summed E-state index contributed by atoms with van der Waals surface area (Å²) in [5.41, 5.74) is 5.26. The normalized spacial score (nSPS) is 22.2. The number of carbonyl (C=O) groups excluding carboxylic acids is 2. The van der Waals surface area contributed by atoms with E-state index in [0.29, 0.717) is 104 Å². The fourth-order valence-electron chi connectivity index (χ4n) is 10.3. The van der Waals surface area contributed by atoms with Gasteiger partial charge in [-0.05, 0) is 74.9 Å². The average Bonchev–Trinajstić information content (AvgIpc) is 4.12. The van der Waals surface area contributed by atoms with Crippen molar-refractivity contribution in [2.45, 2.75) is 109 Å². The first-order valence-corrected chi connectivity index (χ1v) is 25.1. The Morgan fingerprint density at radius 3 is 1.64 bits per heavy atom. The number of β-amino-alcohol motifs (C(OH)–C–C–N with tert-alkyl or cyclic N) is 2. The van der Waals surface area contributed by atoms with Crippen LogP contribution in [0.2, 0.25) is 0 Å². The third-order valence-electron chi connectivity index (χ3n) is 13.4. The van der Waals surface area contributed by atoms with Crippen LogP contribution in [0.4, 0.5) is 0 Å². The Morgan fingerprint density at radius 1 is 0.694 bits per heavy atom. The van der Waals surface area contributed by atoms with Crippen LogP contribution in [0.3, 0.4) is 0 Å². The molecule has 5 aliphatic heterocycles. The molecule has 4 aromatic carbocycles. The van der Waals surface area contributed by atoms with Gasteiger partial charge in [-0.15, -0.1) is 0 Å². The summed E-state index contributed by atoms with van der Waals surface area (Å²) in [6.45, 7) is 15.9. The highest BCUT2D eigenvalue weighted by Crippen LogP contribution is 2.48. The molecule has 5 heterocycles. The van der Waals surface area contributed by atoms with E-state index in [1.54, 1.807) is 38.5 Å². The summed E-state index contributed by atoms with van der Waals surface area (Å²) in [6, 6.07) is 27.5. The summed E-state index contributed by atoms with van der Waals surface area (Å²) in [5.74, 6) is 1.04. The molecular formula is C57H72N4O11. The van der Waals surface area contributed by atoms with Crippen molar-refractivity contribution in [3.63, 3.8) is 0 Å². The van der Waals surface area contributed by atoms with Crippen LogP contribution in [0.1, 0.15) is 99.1 Å². The van der Waals surface area contributed by atoms with Gasteiger partial charge in [-0.25, -0.2) is 0 Å². The van der Waals surface area contributed by atoms with Crippen molar-refractivity contribution in [2.24, 2.45) is 0 Å². The lowest BCUT2D eigenvalue weighted by atomic mass is 10.0. The number of hydrogen-bond donors (Lipinski definition) is 3. The fraction of sp³-hybridized carbons (Fsp3) is 0.474. The number of ether oxygens (including phenoxy) is 7. The van der Waals surface area contributed by atoms with Gasteiger partial charge in [-0.3, -0.25) is 14.5 Å². The lowest BCUT2D eigenvalue weighted by Gasteiger charge is -2.37. The zero-order valence-electron chi connectivity index (χ0n) is 43.0. The Hall–Kier alpha value is -6.10. The molecule has 0 radical (unpaired) electrons. The molecule has 4 unspecified atom stereocenters. The second-order valence-electron chi connectivity index (χ2n) is 20.5. The molecule has 0 saturated carbocycles. The van der Waals surface area contributed by atoms with Crippen LogP contribution in [0.25, 0.3) is 12.2 Å². The van der Waals surface area contributed by atoms with Crippen molar-refractivity contribution < 1.29 is 53.0 Å². The van der Waals surface area contributed by atoms with Gasteiger partial charge in [0.1, 0.15) is 0 Å². The number of benzene rings is 4. The number of hydrogen-bond acceptors (Lipinski definition) is 13. The Labute approximate surface area is 424 Å². The van der Waals surface area contributed by atoms with Gasteiger partial charge in [0.05, 0.1) is 26.4 Å². The van der Waals surface area contributed by atoms with Crippen LogP contribution in [0.15, 0.2) is 96.1 Å². The van der Waals surface area contributed by atoms with Crippen molar-refractivity contribution in [3.05, 3.63) is 118 Å². The first kappa shape index (κ1) is 52.2. The van der Waals surface area contributed by atoms with Crippen molar-refractivity contribution in [1.29, 1.82) is 0 Å². The summed E-state index contributed by atoms with van der Waals surface area (Å²) in [4.78, 5) is 34.0. The van der Waals surface area contributed by atoms with Crippen molar-refractivity contribution in [1.82, 2.24) is 20.0 Å². The van der Waals surface area contributed by atoms with Crippen LogP contribution in [0, 0.1) is 0 Å². The Kier molecular flexibility index (Phi) is 16.5. The number of nitrogens with one attached hydrogen (secondary N) is 1. The van der Waals surface area contributed by atoms with Gasteiger partial charge in [-0.2, -0.15) is 0 Å². The topological polar surface area (TPSA) is 161 Å². The summed E-state index contributed by atoms with van der Waals surface area (Å²) >= 11 is 0. The van der Waals surface area contributed by atoms with Gasteiger partial charge in [-0.1, -0.05) is 84.0 Å². The maximum absolute atomic E-state index is 14.2. The molecular weight excluding hydrogens is 917 g/mol. The molecule has 3 fully saturated rings. The van der Waals surface area contributed by atoms with E-state index >= 15 is 0 Å². The quantitative estimate of drug-likeness (QED) is 0.106. The summed E-state index contributed by atoms with van der Waals surface area (Å²) in [7, 11) is 3.11. The SMILES string of the molecule is COc1cc(C(=O)N(C/C(C)=C/c2ccccc2)CC2CC(O)CN2)cc2c1OC(C)(C)O2.COc1cc(C(=O)N(C/C(C)=C/c2ccccc2)CC2CC(O)CN2C2CCOCC2)cc2c1OC(C)(C)O2. The van der Waals surface area contributed by atoms with E-state index in [9.17, 15) is 19.8 Å². The molecule has 3 saturated heterocycles. The first-order chi connectivity index (χ1) is 34.5. The lowest BCUT2D eigenvalue weighted by Crippen LogP contribution is -2.48. The highest BCUT2D eigenvalue weighted by atomic mass is 16.7. The van der Waals surface area contributed by atoms with Crippen LogP contribution < -0.4 is 33.7 Å². The molecule has 15 heteroatoms. The molecule has 72 heavy (non-hydrogen) atoms. The van der Waals surface area contributed by atoms with Gasteiger partial charge in [0.15, 0.2) is 23.0 Å². The molecule has 0 aliphatic carbocycles. The highest BCUT2D eigenvalue weighted by molar-refractivity contribution is 5.97. The van der Waals surface area contributed by atoms with E-state index in [1.165, 1.54) is 0 Å². The summed E-state index contributed by atoms with van der Waals surface area (Å²) in [6.07, 6.45) is 6.55.